The summed E-state index contributed by atoms with van der Waals surface area (Å²) in [6, 6.07) is 13.9. The normalized spacial score (nSPS) is 19.3. The molecule has 6 heteroatoms. The first-order valence-electron chi connectivity index (χ1n) is 11.8. The van der Waals surface area contributed by atoms with Gasteiger partial charge in [0.1, 0.15) is 0 Å². The third kappa shape index (κ3) is 4.10. The number of hydrazine groups is 1. The summed E-state index contributed by atoms with van der Waals surface area (Å²) >= 11 is 0. The van der Waals surface area contributed by atoms with Gasteiger partial charge >= 0.3 is 0 Å². The Labute approximate surface area is 190 Å². The van der Waals surface area contributed by atoms with Gasteiger partial charge in [-0.15, -0.1) is 0 Å². The molecule has 0 radical (unpaired) electrons. The van der Waals surface area contributed by atoms with Crippen molar-refractivity contribution in [2.24, 2.45) is 5.84 Å². The molecule has 0 spiro atoms. The van der Waals surface area contributed by atoms with Crippen LogP contribution in [-0.2, 0) is 19.4 Å². The molecule has 3 aromatic rings. The van der Waals surface area contributed by atoms with E-state index in [1.54, 1.807) is 11.3 Å². The maximum Gasteiger partial charge on any atom is 0.231 e. The minimum atomic E-state index is 0.329. The summed E-state index contributed by atoms with van der Waals surface area (Å²) in [6.07, 6.45) is 5.90. The van der Waals surface area contributed by atoms with Crippen LogP contribution in [0.2, 0.25) is 0 Å². The highest BCUT2D eigenvalue weighted by Crippen LogP contribution is 2.39. The molecule has 0 saturated heterocycles. The van der Waals surface area contributed by atoms with Crippen molar-refractivity contribution >= 4 is 10.9 Å². The maximum absolute atomic E-state index is 5.33. The van der Waals surface area contributed by atoms with E-state index < -0.39 is 0 Å². The number of aromatic nitrogens is 1. The smallest absolute Gasteiger partial charge is 0.231 e. The van der Waals surface area contributed by atoms with Crippen molar-refractivity contribution in [2.45, 2.75) is 64.6 Å². The number of benzene rings is 2. The van der Waals surface area contributed by atoms with Crippen LogP contribution in [0.25, 0.3) is 10.9 Å². The minimum Gasteiger partial charge on any atom is -0.454 e. The highest BCUT2D eigenvalue weighted by molar-refractivity contribution is 5.87. The first-order chi connectivity index (χ1) is 15.6. The maximum atomic E-state index is 5.33. The van der Waals surface area contributed by atoms with Gasteiger partial charge in [0, 0.05) is 41.8 Å². The molecule has 3 heterocycles. The Balaban J connectivity index is 0.000000136. The molecule has 2 aliphatic heterocycles. The largest absolute Gasteiger partial charge is 0.454 e. The molecular weight excluding hydrogens is 400 g/mol. The van der Waals surface area contributed by atoms with Crippen LogP contribution in [0, 0.1) is 6.92 Å². The number of fused-ring (bicyclic) bond motifs is 4. The number of nitrogens with one attached hydrogen (secondary N) is 2. The predicted octanol–water partition coefficient (Wildman–Crippen LogP) is 4.13. The average molecular weight is 435 g/mol. The molecule has 170 valence electrons. The predicted molar refractivity (Wildman–Crippen MR) is 128 cm³/mol. The van der Waals surface area contributed by atoms with Crippen LogP contribution in [0.5, 0.6) is 11.5 Å². The molecule has 4 N–H and O–H groups in total. The topological polar surface area (TPSA) is 73.5 Å². The van der Waals surface area contributed by atoms with Crippen molar-refractivity contribution in [3.05, 3.63) is 58.8 Å². The van der Waals surface area contributed by atoms with Gasteiger partial charge in [-0.2, -0.15) is 0 Å². The minimum absolute atomic E-state index is 0.329. The molecule has 2 unspecified atom stereocenters. The molecule has 6 rings (SSSR count). The molecule has 0 amide bonds. The molecule has 1 aliphatic carbocycles. The quantitative estimate of drug-likeness (QED) is 0.425. The lowest BCUT2D eigenvalue weighted by Gasteiger charge is -2.31. The van der Waals surface area contributed by atoms with E-state index in [0.717, 1.165) is 37.4 Å². The summed E-state index contributed by atoms with van der Waals surface area (Å²) in [5, 5.41) is 5.18. The van der Waals surface area contributed by atoms with Crippen molar-refractivity contribution < 1.29 is 9.47 Å². The van der Waals surface area contributed by atoms with Crippen LogP contribution in [-0.4, -0.2) is 23.9 Å². The molecule has 6 nitrogen and oxygen atoms in total. The lowest BCUT2D eigenvalue weighted by atomic mass is 9.90. The molecule has 0 bridgehead atoms. The van der Waals surface area contributed by atoms with E-state index in [1.165, 1.54) is 41.3 Å². The van der Waals surface area contributed by atoms with Gasteiger partial charge < -0.3 is 19.4 Å². The van der Waals surface area contributed by atoms with Crippen LogP contribution in [0.1, 0.15) is 54.6 Å². The van der Waals surface area contributed by atoms with Gasteiger partial charge in [-0.3, -0.25) is 11.3 Å². The summed E-state index contributed by atoms with van der Waals surface area (Å²) in [5.74, 6) is 7.02. The lowest BCUT2D eigenvalue weighted by Crippen LogP contribution is -2.35. The second kappa shape index (κ2) is 9.14. The van der Waals surface area contributed by atoms with Crippen molar-refractivity contribution in [1.29, 1.82) is 0 Å². The van der Waals surface area contributed by atoms with E-state index in [2.05, 4.69) is 53.4 Å². The van der Waals surface area contributed by atoms with Crippen LogP contribution >= 0.6 is 0 Å². The van der Waals surface area contributed by atoms with Gasteiger partial charge in [-0.25, -0.2) is 0 Å². The van der Waals surface area contributed by atoms with Crippen LogP contribution < -0.4 is 26.1 Å². The number of aryl methyl sites for hydroxylation is 3. The molecule has 2 aromatic carbocycles. The fourth-order valence-electron chi connectivity index (χ4n) is 5.19. The zero-order valence-corrected chi connectivity index (χ0v) is 19.1. The van der Waals surface area contributed by atoms with Gasteiger partial charge in [0.25, 0.3) is 0 Å². The van der Waals surface area contributed by atoms with Crippen molar-refractivity contribution in [3.8, 4) is 11.5 Å². The molecule has 32 heavy (non-hydrogen) atoms. The molecule has 1 aromatic heterocycles. The summed E-state index contributed by atoms with van der Waals surface area (Å²) in [5.41, 5.74) is 10.0. The lowest BCUT2D eigenvalue weighted by molar-refractivity contribution is 0.174. The number of nitrogens with two attached hydrogens (primary N) is 1. The van der Waals surface area contributed by atoms with Gasteiger partial charge in [-0.1, -0.05) is 17.7 Å². The second-order valence-electron chi connectivity index (χ2n) is 9.23. The fraction of sp³-hybridized carbons (Fsp3) is 0.462. The third-order valence-corrected chi connectivity index (χ3v) is 6.93. The van der Waals surface area contributed by atoms with Gasteiger partial charge in [0.2, 0.25) is 6.79 Å². The Hall–Kier alpha value is -2.54. The van der Waals surface area contributed by atoms with Gasteiger partial charge in [-0.05, 0) is 81.3 Å². The molecule has 0 fully saturated rings. The summed E-state index contributed by atoms with van der Waals surface area (Å²) in [4.78, 5) is 0. The number of hydrogen-bond acceptors (Lipinski definition) is 5. The first kappa shape index (κ1) is 21.3. The van der Waals surface area contributed by atoms with Gasteiger partial charge in [0.05, 0.1) is 0 Å². The zero-order valence-electron chi connectivity index (χ0n) is 19.1. The molecule has 3 aliphatic rings. The third-order valence-electron chi connectivity index (χ3n) is 6.93. The Morgan fingerprint density at radius 2 is 2.06 bits per heavy atom. The first-order valence-corrected chi connectivity index (χ1v) is 11.8. The highest BCUT2D eigenvalue weighted by Gasteiger charge is 2.29. The van der Waals surface area contributed by atoms with Crippen LogP contribution in [0.15, 0.2) is 36.4 Å². The van der Waals surface area contributed by atoms with E-state index in [0.29, 0.717) is 18.9 Å². The highest BCUT2D eigenvalue weighted by atomic mass is 16.7. The molecule has 0 saturated carbocycles. The Morgan fingerprint density at radius 1 is 1.19 bits per heavy atom. The summed E-state index contributed by atoms with van der Waals surface area (Å²) < 4.78 is 13.1. The second-order valence-corrected chi connectivity index (χ2v) is 9.23. The Kier molecular flexibility index (Phi) is 6.09. The summed E-state index contributed by atoms with van der Waals surface area (Å²) in [7, 11) is 0. The summed E-state index contributed by atoms with van der Waals surface area (Å²) in [6.45, 7) is 6.84. The van der Waals surface area contributed by atoms with Crippen LogP contribution in [0.3, 0.4) is 0 Å². The zero-order chi connectivity index (χ0) is 22.1. The van der Waals surface area contributed by atoms with E-state index in [9.17, 15) is 0 Å². The van der Waals surface area contributed by atoms with E-state index in [1.807, 2.05) is 12.1 Å². The average Bonchev–Trinajstić information content (AvgIpc) is 3.42. The monoisotopic (exact) mass is 434 g/mol. The van der Waals surface area contributed by atoms with Crippen molar-refractivity contribution in [1.82, 2.24) is 15.3 Å². The number of rotatable bonds is 4. The van der Waals surface area contributed by atoms with Crippen molar-refractivity contribution in [3.63, 3.8) is 0 Å². The Morgan fingerprint density at radius 3 is 2.94 bits per heavy atom. The number of nitrogens with zero attached hydrogens (tertiary/aromatic N) is 1. The van der Waals surface area contributed by atoms with Crippen molar-refractivity contribution in [2.75, 3.05) is 13.3 Å². The molecular formula is C26H34N4O2. The Bertz CT molecular complexity index is 1100. The van der Waals surface area contributed by atoms with Crippen LogP contribution in [0.4, 0.5) is 0 Å². The SMILES string of the molecule is CC(CCc1ccc2c(c1)OCO2)NN.Cc1ccc2c(c1)c1c3n2CCNC3CCC1. The standard InChI is InChI=1S/C15H18N2.C11H16N2O2/c1-10-5-6-14-12(9-10)11-3-2-4-13-15(11)17(14)8-7-16-13;1-8(13-12)2-3-9-4-5-10-11(6-9)15-7-14-10/h5-6,9,13,16H,2-4,7-8H2,1H3;4-6,8,13H,2-3,7,12H2,1H3. The number of hydrogen-bond donors (Lipinski definition) is 3. The van der Waals surface area contributed by atoms with Gasteiger partial charge in [0.15, 0.2) is 11.5 Å². The number of ether oxygens (including phenoxy) is 2. The van der Waals surface area contributed by atoms with E-state index >= 15 is 0 Å². The molecule has 2 atom stereocenters. The van der Waals surface area contributed by atoms with E-state index in [-0.39, 0.29) is 0 Å². The fourth-order valence-corrected chi connectivity index (χ4v) is 5.19. The van der Waals surface area contributed by atoms with E-state index in [4.69, 9.17) is 15.3 Å².